The molecular weight excluding hydrogens is 446 g/mol. The third-order valence-corrected chi connectivity index (χ3v) is 5.31. The van der Waals surface area contributed by atoms with Crippen LogP contribution in [0.4, 0.5) is 9.59 Å². The summed E-state index contributed by atoms with van der Waals surface area (Å²) in [5.41, 5.74) is -3.21. The normalized spacial score (nSPS) is 21.0. The van der Waals surface area contributed by atoms with Crippen molar-refractivity contribution < 1.29 is 29.0 Å². The number of hydrogen-bond donors (Lipinski definition) is 2. The largest absolute Gasteiger partial charge is 0.481 e. The predicted molar refractivity (Wildman–Crippen MR) is 123 cm³/mol. The molecule has 1 aliphatic rings. The number of aliphatic carboxylic acids is 1. The van der Waals surface area contributed by atoms with E-state index in [4.69, 9.17) is 9.47 Å². The molecule has 0 radical (unpaired) electrons. The number of aromatic nitrogens is 2. The first-order chi connectivity index (χ1) is 15.5. The minimum atomic E-state index is -1.09. The van der Waals surface area contributed by atoms with Crippen LogP contribution in [0.15, 0.2) is 15.8 Å². The number of alkyl carbamates (subject to hydrolysis) is 1. The monoisotopic (exact) mass is 481 g/mol. The van der Waals surface area contributed by atoms with Gasteiger partial charge in [0.2, 0.25) is 0 Å². The first-order valence-corrected chi connectivity index (χ1v) is 11.3. The number of hydrogen-bond acceptors (Lipinski definition) is 7. The van der Waals surface area contributed by atoms with Gasteiger partial charge in [-0.05, 0) is 73.6 Å². The van der Waals surface area contributed by atoms with Crippen molar-refractivity contribution in [3.8, 4) is 0 Å². The van der Waals surface area contributed by atoms with Crippen LogP contribution in [0.5, 0.6) is 0 Å². The van der Waals surface area contributed by atoms with Crippen molar-refractivity contribution in [1.29, 1.82) is 0 Å². The van der Waals surface area contributed by atoms with Crippen LogP contribution < -0.4 is 16.6 Å². The van der Waals surface area contributed by atoms with Crippen molar-refractivity contribution in [2.24, 2.45) is 5.92 Å². The van der Waals surface area contributed by atoms with Crippen LogP contribution in [0.3, 0.4) is 0 Å². The summed E-state index contributed by atoms with van der Waals surface area (Å²) in [6, 6.07) is -1.28. The molecule has 2 N–H and O–H groups in total. The van der Waals surface area contributed by atoms with Gasteiger partial charge in [0, 0.05) is 18.2 Å². The molecule has 1 saturated carbocycles. The highest BCUT2D eigenvalue weighted by Gasteiger charge is 2.36. The molecule has 2 rings (SSSR count). The molecule has 1 aromatic rings. The molecule has 0 spiro atoms. The van der Waals surface area contributed by atoms with Crippen LogP contribution in [-0.4, -0.2) is 49.6 Å². The molecule has 1 heterocycles. The summed E-state index contributed by atoms with van der Waals surface area (Å²) in [7, 11) is 0. The van der Waals surface area contributed by atoms with Crippen LogP contribution in [0.2, 0.25) is 0 Å². The van der Waals surface area contributed by atoms with Gasteiger partial charge in [0.15, 0.2) is 0 Å². The van der Waals surface area contributed by atoms with Gasteiger partial charge in [-0.2, -0.15) is 4.57 Å². The van der Waals surface area contributed by atoms with Gasteiger partial charge in [-0.15, -0.1) is 0 Å². The Morgan fingerprint density at radius 3 is 2.18 bits per heavy atom. The Morgan fingerprint density at radius 2 is 1.65 bits per heavy atom. The number of amides is 1. The first kappa shape index (κ1) is 27.1. The van der Waals surface area contributed by atoms with E-state index < -0.39 is 52.7 Å². The molecule has 1 aliphatic carbocycles. The number of carbonyl (C=O) groups excluding carboxylic acids is 2. The second-order valence-electron chi connectivity index (χ2n) is 10.7. The van der Waals surface area contributed by atoms with E-state index in [-0.39, 0.29) is 24.3 Å². The molecule has 190 valence electrons. The Kier molecular flexibility index (Phi) is 8.00. The van der Waals surface area contributed by atoms with Crippen molar-refractivity contribution in [3.63, 3.8) is 0 Å². The van der Waals surface area contributed by atoms with Crippen molar-refractivity contribution in [1.82, 2.24) is 14.5 Å². The molecule has 1 amide bonds. The summed E-state index contributed by atoms with van der Waals surface area (Å²) in [6.07, 6.45) is 0.611. The lowest BCUT2D eigenvalue weighted by molar-refractivity contribution is -0.138. The number of rotatable bonds is 4. The molecule has 0 saturated heterocycles. The molecule has 1 fully saturated rings. The SMILES string of the molecule is Cc1cn([C@@H]2CC[C@@H](CC(=O)O)C[C@H]2NC(=O)OC(C)(C)C)c(=O)n(C(=O)OC(C)(C)C)c1=O. The molecule has 1 aromatic heterocycles. The zero-order valence-corrected chi connectivity index (χ0v) is 20.8. The Labute approximate surface area is 198 Å². The van der Waals surface area contributed by atoms with Crippen LogP contribution in [0.25, 0.3) is 0 Å². The van der Waals surface area contributed by atoms with Crippen LogP contribution in [-0.2, 0) is 14.3 Å². The summed E-state index contributed by atoms with van der Waals surface area (Å²) in [5.74, 6) is -1.17. The summed E-state index contributed by atoms with van der Waals surface area (Å²) >= 11 is 0. The van der Waals surface area contributed by atoms with E-state index in [0.717, 1.165) is 0 Å². The second-order valence-corrected chi connectivity index (χ2v) is 10.7. The Balaban J connectivity index is 2.49. The van der Waals surface area contributed by atoms with E-state index in [1.165, 1.54) is 17.7 Å². The number of nitrogens with one attached hydrogen (secondary N) is 1. The summed E-state index contributed by atoms with van der Waals surface area (Å²) in [4.78, 5) is 62.3. The maximum absolute atomic E-state index is 13.3. The Hall–Kier alpha value is -3.11. The molecule has 3 atom stereocenters. The maximum atomic E-state index is 13.3. The number of aryl methyl sites for hydroxylation is 1. The quantitative estimate of drug-likeness (QED) is 0.667. The lowest BCUT2D eigenvalue weighted by Crippen LogP contribution is -2.52. The van der Waals surface area contributed by atoms with Crippen LogP contribution >= 0.6 is 0 Å². The molecule has 0 aromatic carbocycles. The molecule has 11 heteroatoms. The number of carboxylic acids is 1. The molecule has 11 nitrogen and oxygen atoms in total. The van der Waals surface area contributed by atoms with Gasteiger partial charge in [-0.1, -0.05) is 0 Å². The smallest absolute Gasteiger partial charge is 0.425 e. The third-order valence-electron chi connectivity index (χ3n) is 5.31. The lowest BCUT2D eigenvalue weighted by atomic mass is 9.80. The van der Waals surface area contributed by atoms with E-state index in [1.54, 1.807) is 41.5 Å². The van der Waals surface area contributed by atoms with E-state index >= 15 is 0 Å². The van der Waals surface area contributed by atoms with Crippen LogP contribution in [0.1, 0.15) is 78.8 Å². The van der Waals surface area contributed by atoms with E-state index in [9.17, 15) is 29.1 Å². The third kappa shape index (κ3) is 7.19. The zero-order valence-electron chi connectivity index (χ0n) is 20.8. The molecular formula is C23H35N3O8. The fourth-order valence-corrected chi connectivity index (χ4v) is 4.02. The minimum Gasteiger partial charge on any atom is -0.481 e. The van der Waals surface area contributed by atoms with Gasteiger partial charge < -0.3 is 19.9 Å². The van der Waals surface area contributed by atoms with Crippen molar-refractivity contribution in [2.45, 2.75) is 97.4 Å². The fourth-order valence-electron chi connectivity index (χ4n) is 4.02. The standard InChI is InChI=1S/C23H35N3O8/c1-13-12-25(20(31)26(18(13)29)21(32)34-23(5,6)7)16-9-8-14(11-17(27)28)10-15(16)24-19(30)33-22(2,3)4/h12,14-16H,8-11H2,1-7H3,(H,24,30)(H,27,28)/t14-,15-,16-/m1/s1. The molecule has 34 heavy (non-hydrogen) atoms. The highest BCUT2D eigenvalue weighted by Crippen LogP contribution is 2.34. The Bertz CT molecular complexity index is 1060. The summed E-state index contributed by atoms with van der Waals surface area (Å²) < 4.78 is 12.3. The maximum Gasteiger partial charge on any atom is 0.425 e. The Morgan fingerprint density at radius 1 is 1.06 bits per heavy atom. The molecule has 0 bridgehead atoms. The van der Waals surface area contributed by atoms with Crippen LogP contribution in [0, 0.1) is 12.8 Å². The fraction of sp³-hybridized carbons (Fsp3) is 0.696. The van der Waals surface area contributed by atoms with Crippen molar-refractivity contribution in [3.05, 3.63) is 32.6 Å². The van der Waals surface area contributed by atoms with Gasteiger partial charge in [0.1, 0.15) is 11.2 Å². The molecule has 0 unspecified atom stereocenters. The van der Waals surface area contributed by atoms with E-state index in [0.29, 0.717) is 17.4 Å². The molecule has 0 aliphatic heterocycles. The average Bonchev–Trinajstić information content (AvgIpc) is 2.62. The number of carbonyl (C=O) groups is 3. The minimum absolute atomic E-state index is 0.0788. The number of nitrogens with zero attached hydrogens (tertiary/aromatic N) is 2. The van der Waals surface area contributed by atoms with Gasteiger partial charge >= 0.3 is 23.8 Å². The number of carboxylic acid groups (broad SMARTS) is 1. The predicted octanol–water partition coefficient (Wildman–Crippen LogP) is 2.81. The zero-order chi connectivity index (χ0) is 26.0. The van der Waals surface area contributed by atoms with Gasteiger partial charge in [-0.25, -0.2) is 14.4 Å². The van der Waals surface area contributed by atoms with Gasteiger partial charge in [0.25, 0.3) is 5.56 Å². The highest BCUT2D eigenvalue weighted by atomic mass is 16.6. The second kappa shape index (κ2) is 10.0. The van der Waals surface area contributed by atoms with E-state index in [2.05, 4.69) is 5.32 Å². The van der Waals surface area contributed by atoms with Gasteiger partial charge in [-0.3, -0.25) is 14.2 Å². The first-order valence-electron chi connectivity index (χ1n) is 11.3. The highest BCUT2D eigenvalue weighted by molar-refractivity contribution is 5.70. The summed E-state index contributed by atoms with van der Waals surface area (Å²) in [6.45, 7) is 11.5. The van der Waals surface area contributed by atoms with Gasteiger partial charge in [0.05, 0.1) is 12.1 Å². The lowest BCUT2D eigenvalue weighted by Gasteiger charge is -2.37. The number of ether oxygens (including phenoxy) is 2. The van der Waals surface area contributed by atoms with Crippen molar-refractivity contribution >= 4 is 18.2 Å². The van der Waals surface area contributed by atoms with E-state index in [1.807, 2.05) is 0 Å². The average molecular weight is 482 g/mol. The topological polar surface area (TPSA) is 146 Å². The summed E-state index contributed by atoms with van der Waals surface area (Å²) in [5, 5.41) is 12.0. The van der Waals surface area contributed by atoms with Crippen molar-refractivity contribution in [2.75, 3.05) is 0 Å².